The highest BCUT2D eigenvalue weighted by Gasteiger charge is 2.26. The van der Waals surface area contributed by atoms with Gasteiger partial charge < -0.3 is 0 Å². The van der Waals surface area contributed by atoms with Crippen LogP contribution < -0.4 is 0 Å². The molecule has 0 saturated heterocycles. The second-order valence-corrected chi connectivity index (χ2v) is 10.2. The van der Waals surface area contributed by atoms with Crippen molar-refractivity contribution in [1.29, 1.82) is 0 Å². The van der Waals surface area contributed by atoms with Gasteiger partial charge in [-0.1, -0.05) is 73.6 Å². The third kappa shape index (κ3) is 6.31. The Morgan fingerprint density at radius 3 is 2.52 bits per heavy atom. The number of rotatable bonds is 9. The largest absolute Gasteiger partial charge is 0.285 e. The zero-order chi connectivity index (χ0) is 23.2. The van der Waals surface area contributed by atoms with Gasteiger partial charge in [-0.25, -0.2) is 4.39 Å². The van der Waals surface area contributed by atoms with Gasteiger partial charge >= 0.3 is 0 Å². The Morgan fingerprint density at radius 2 is 1.76 bits per heavy atom. The van der Waals surface area contributed by atoms with E-state index >= 15 is 0 Å². The van der Waals surface area contributed by atoms with Crippen molar-refractivity contribution >= 4 is 11.3 Å². The molecule has 0 amide bonds. The number of nitrogens with zero attached hydrogens (tertiary/aromatic N) is 1. The van der Waals surface area contributed by atoms with Crippen LogP contribution in [0.3, 0.4) is 0 Å². The minimum Gasteiger partial charge on any atom is -0.285 e. The second kappa shape index (κ2) is 11.1. The zero-order valence-corrected chi connectivity index (χ0v) is 20.4. The lowest BCUT2D eigenvalue weighted by atomic mass is 9.81. The first-order chi connectivity index (χ1) is 16.0. The number of aryl methyl sites for hydroxylation is 3. The average Bonchev–Trinajstić information content (AvgIpc) is 3.21. The van der Waals surface area contributed by atoms with Crippen LogP contribution in [0.4, 0.5) is 4.39 Å². The van der Waals surface area contributed by atoms with Gasteiger partial charge in [-0.15, -0.1) is 6.58 Å². The molecule has 1 aliphatic heterocycles. The first-order valence-corrected chi connectivity index (χ1v) is 12.7. The van der Waals surface area contributed by atoms with E-state index in [0.717, 1.165) is 48.8 Å². The molecule has 0 spiro atoms. The first kappa shape index (κ1) is 23.7. The molecule has 174 valence electrons. The lowest BCUT2D eigenvalue weighted by Crippen LogP contribution is -2.12. The highest BCUT2D eigenvalue weighted by Crippen LogP contribution is 2.37. The fourth-order valence-electron chi connectivity index (χ4n) is 5.37. The summed E-state index contributed by atoms with van der Waals surface area (Å²) in [5.41, 5.74) is 9.53. The zero-order valence-electron chi connectivity index (χ0n) is 20.4. The van der Waals surface area contributed by atoms with E-state index in [-0.39, 0.29) is 5.82 Å². The van der Waals surface area contributed by atoms with Gasteiger partial charge in [0.05, 0.1) is 6.54 Å². The van der Waals surface area contributed by atoms with E-state index in [9.17, 15) is 4.39 Å². The molecule has 1 heterocycles. The van der Waals surface area contributed by atoms with E-state index in [4.69, 9.17) is 4.99 Å². The van der Waals surface area contributed by atoms with Crippen molar-refractivity contribution in [3.8, 4) is 0 Å². The molecule has 2 heteroatoms. The topological polar surface area (TPSA) is 12.4 Å². The summed E-state index contributed by atoms with van der Waals surface area (Å²) >= 11 is 0. The lowest BCUT2D eigenvalue weighted by molar-refractivity contribution is 0.359. The Morgan fingerprint density at radius 1 is 1.00 bits per heavy atom. The molecule has 0 radical (unpaired) electrons. The number of hydrogen-bond donors (Lipinski definition) is 0. The number of hydrogen-bond acceptors (Lipinski definition) is 1. The molecule has 0 atom stereocenters. The monoisotopic (exact) mass is 443 g/mol. The Labute approximate surface area is 199 Å². The van der Waals surface area contributed by atoms with Gasteiger partial charge in [0, 0.05) is 11.3 Å². The highest BCUT2D eigenvalue weighted by molar-refractivity contribution is 6.10. The van der Waals surface area contributed by atoms with E-state index in [0.29, 0.717) is 12.5 Å². The van der Waals surface area contributed by atoms with Crippen molar-refractivity contribution in [3.05, 3.63) is 88.3 Å². The summed E-state index contributed by atoms with van der Waals surface area (Å²) in [4.78, 5) is 4.97. The summed E-state index contributed by atoms with van der Waals surface area (Å²) < 4.78 is 14.8. The van der Waals surface area contributed by atoms with Gasteiger partial charge in [0.1, 0.15) is 5.82 Å². The molecule has 4 rings (SSSR count). The summed E-state index contributed by atoms with van der Waals surface area (Å²) in [6.45, 7) is 8.79. The van der Waals surface area contributed by atoms with Gasteiger partial charge in [0.15, 0.2) is 0 Å². The first-order valence-electron chi connectivity index (χ1n) is 12.7. The quantitative estimate of drug-likeness (QED) is 0.345. The molecule has 1 fully saturated rings. The fraction of sp³-hybridized carbons (Fsp3) is 0.452. The molecule has 0 aromatic heterocycles. The highest BCUT2D eigenvalue weighted by atomic mass is 19.1. The van der Waals surface area contributed by atoms with Crippen LogP contribution in [0.5, 0.6) is 0 Å². The maximum absolute atomic E-state index is 14.8. The summed E-state index contributed by atoms with van der Waals surface area (Å²) in [5, 5.41) is 0. The maximum Gasteiger partial charge on any atom is 0.130 e. The van der Waals surface area contributed by atoms with Crippen LogP contribution in [0.1, 0.15) is 80.5 Å². The molecule has 2 aromatic rings. The summed E-state index contributed by atoms with van der Waals surface area (Å²) in [6.07, 6.45) is 11.7. The number of allylic oxidation sites excluding steroid dienone is 2. The van der Waals surface area contributed by atoms with Crippen molar-refractivity contribution in [2.45, 2.75) is 78.1 Å². The smallest absolute Gasteiger partial charge is 0.130 e. The predicted octanol–water partition coefficient (Wildman–Crippen LogP) is 8.45. The molecule has 0 N–H and O–H groups in total. The normalized spacial score (nSPS) is 16.9. The molecule has 0 bridgehead atoms. The Kier molecular flexibility index (Phi) is 7.96. The van der Waals surface area contributed by atoms with Gasteiger partial charge in [0.25, 0.3) is 0 Å². The summed E-state index contributed by atoms with van der Waals surface area (Å²) in [7, 11) is 0. The van der Waals surface area contributed by atoms with Gasteiger partial charge in [-0.2, -0.15) is 0 Å². The van der Waals surface area contributed by atoms with Crippen LogP contribution in [0.25, 0.3) is 5.57 Å². The van der Waals surface area contributed by atoms with Crippen molar-refractivity contribution in [3.63, 3.8) is 0 Å². The molecule has 33 heavy (non-hydrogen) atoms. The summed E-state index contributed by atoms with van der Waals surface area (Å²) in [6, 6.07) is 14.4. The molecule has 1 aliphatic carbocycles. The molecular formula is C31H38FN. The van der Waals surface area contributed by atoms with Crippen LogP contribution in [0, 0.1) is 18.7 Å². The van der Waals surface area contributed by atoms with Crippen molar-refractivity contribution in [1.82, 2.24) is 0 Å². The van der Waals surface area contributed by atoms with Gasteiger partial charge in [-0.05, 0) is 86.3 Å². The van der Waals surface area contributed by atoms with E-state index < -0.39 is 0 Å². The van der Waals surface area contributed by atoms with Crippen LogP contribution in [0.15, 0.2) is 65.2 Å². The van der Waals surface area contributed by atoms with E-state index in [1.54, 1.807) is 6.07 Å². The van der Waals surface area contributed by atoms with Crippen LogP contribution >= 0.6 is 0 Å². The fourth-order valence-corrected chi connectivity index (χ4v) is 5.37. The Hall–Kier alpha value is -2.48. The van der Waals surface area contributed by atoms with Crippen LogP contribution in [-0.2, 0) is 12.8 Å². The molecule has 0 unspecified atom stereocenters. The average molecular weight is 444 g/mol. The van der Waals surface area contributed by atoms with Crippen LogP contribution in [-0.4, -0.2) is 12.3 Å². The minimum atomic E-state index is -0.113. The summed E-state index contributed by atoms with van der Waals surface area (Å²) in [5.74, 6) is 0.601. The van der Waals surface area contributed by atoms with E-state index in [1.165, 1.54) is 60.1 Å². The molecular weight excluding hydrogens is 405 g/mol. The Bertz CT molecular complexity index is 1050. The number of aliphatic imine (C=N–C) groups is 1. The van der Waals surface area contributed by atoms with E-state index in [2.05, 4.69) is 37.8 Å². The third-order valence-electron chi connectivity index (χ3n) is 7.29. The molecule has 1 nitrogen and oxygen atoms in total. The van der Waals surface area contributed by atoms with Crippen molar-refractivity contribution in [2.75, 3.05) is 6.54 Å². The molecule has 1 saturated carbocycles. The van der Waals surface area contributed by atoms with Crippen molar-refractivity contribution < 1.29 is 4.39 Å². The van der Waals surface area contributed by atoms with Gasteiger partial charge in [-0.3, -0.25) is 4.99 Å². The predicted molar refractivity (Wildman–Crippen MR) is 139 cm³/mol. The van der Waals surface area contributed by atoms with Crippen molar-refractivity contribution in [2.24, 2.45) is 10.9 Å². The molecule has 2 aliphatic rings. The number of halogens is 1. The number of benzene rings is 2. The van der Waals surface area contributed by atoms with E-state index in [1.807, 2.05) is 19.1 Å². The van der Waals surface area contributed by atoms with Gasteiger partial charge in [0.2, 0.25) is 0 Å². The standard InChI is InChI=1S/C31H38FN/c1-22(2)12-14-25-10-7-11-26(19-25)15-17-31-28(20-24-8-5-4-6-9-24)29(21-33-31)27-18-23(3)13-16-30(27)32/h7,10-11,13,16,18-19,24H,1,4-6,8-9,12,14-15,17,20-21H2,2-3H3. The minimum absolute atomic E-state index is 0.113. The maximum atomic E-state index is 14.8. The molecule has 2 aromatic carbocycles. The Balaban J connectivity index is 1.54. The second-order valence-electron chi connectivity index (χ2n) is 10.2. The lowest BCUT2D eigenvalue weighted by Gasteiger charge is -2.23. The van der Waals surface area contributed by atoms with Crippen LogP contribution in [0.2, 0.25) is 0 Å². The SMILES string of the molecule is C=C(C)CCc1cccc(CCC2=NCC(c3cc(C)ccc3F)=C2CC2CCCCC2)c1. The third-order valence-corrected chi connectivity index (χ3v) is 7.29.